The molecule has 2 amide bonds. The van der Waals surface area contributed by atoms with E-state index in [2.05, 4.69) is 10.6 Å². The molecule has 0 saturated carbocycles. The number of hydrogen-bond acceptors (Lipinski definition) is 6. The summed E-state index contributed by atoms with van der Waals surface area (Å²) in [5, 5.41) is 5.77. The van der Waals surface area contributed by atoms with E-state index < -0.39 is 15.1 Å². The van der Waals surface area contributed by atoms with Gasteiger partial charge >= 0.3 is 0 Å². The molecule has 9 heteroatoms. The number of furan rings is 1. The number of hydrogen-bond donors (Lipinski definition) is 2. The second-order valence-electron chi connectivity index (χ2n) is 5.02. The summed E-state index contributed by atoms with van der Waals surface area (Å²) in [5.74, 6) is -0.302. The van der Waals surface area contributed by atoms with Gasteiger partial charge < -0.3 is 15.1 Å². The van der Waals surface area contributed by atoms with Crippen LogP contribution in [0.4, 0.5) is 0 Å². The normalized spacial score (nSPS) is 12.5. The summed E-state index contributed by atoms with van der Waals surface area (Å²) < 4.78 is 31.0. The monoisotopic (exact) mass is 370 g/mol. The summed E-state index contributed by atoms with van der Waals surface area (Å²) in [6, 6.07) is 6.35. The SMILES string of the molecule is CC(=O)NCCC(=O)NCC(c1ccco1)S(=O)(=O)c1cccs1. The van der Waals surface area contributed by atoms with Crippen molar-refractivity contribution in [1.29, 1.82) is 0 Å². The summed E-state index contributed by atoms with van der Waals surface area (Å²) in [5.41, 5.74) is 0. The Labute approximate surface area is 144 Å². The lowest BCUT2D eigenvalue weighted by Gasteiger charge is -2.15. The van der Waals surface area contributed by atoms with Crippen molar-refractivity contribution in [1.82, 2.24) is 10.6 Å². The third-order valence-corrected chi connectivity index (χ3v) is 6.71. The molecule has 0 spiro atoms. The van der Waals surface area contributed by atoms with Crippen LogP contribution in [-0.4, -0.2) is 33.3 Å². The summed E-state index contributed by atoms with van der Waals surface area (Å²) in [6.45, 7) is 1.45. The van der Waals surface area contributed by atoms with Crippen molar-refractivity contribution in [2.24, 2.45) is 0 Å². The van der Waals surface area contributed by atoms with Crippen molar-refractivity contribution in [3.05, 3.63) is 41.7 Å². The van der Waals surface area contributed by atoms with Gasteiger partial charge in [-0.1, -0.05) is 6.07 Å². The predicted molar refractivity (Wildman–Crippen MR) is 89.3 cm³/mol. The van der Waals surface area contributed by atoms with Gasteiger partial charge in [-0.2, -0.15) is 0 Å². The van der Waals surface area contributed by atoms with Gasteiger partial charge in [-0.3, -0.25) is 9.59 Å². The topological polar surface area (TPSA) is 105 Å². The molecule has 0 bridgehead atoms. The minimum Gasteiger partial charge on any atom is -0.468 e. The van der Waals surface area contributed by atoms with E-state index in [4.69, 9.17) is 4.42 Å². The van der Waals surface area contributed by atoms with Crippen LogP contribution in [-0.2, 0) is 19.4 Å². The van der Waals surface area contributed by atoms with Crippen molar-refractivity contribution < 1.29 is 22.4 Å². The van der Waals surface area contributed by atoms with E-state index in [1.54, 1.807) is 23.6 Å². The molecule has 0 aliphatic carbocycles. The first-order chi connectivity index (χ1) is 11.4. The lowest BCUT2D eigenvalue weighted by Crippen LogP contribution is -2.34. The van der Waals surface area contributed by atoms with E-state index in [0.29, 0.717) is 0 Å². The van der Waals surface area contributed by atoms with Crippen LogP contribution in [0.25, 0.3) is 0 Å². The molecule has 0 saturated heterocycles. The molecule has 0 fully saturated rings. The van der Waals surface area contributed by atoms with Crippen LogP contribution in [0, 0.1) is 0 Å². The first kappa shape index (κ1) is 18.2. The van der Waals surface area contributed by atoms with Gasteiger partial charge in [0.2, 0.25) is 11.8 Å². The van der Waals surface area contributed by atoms with Crippen LogP contribution < -0.4 is 10.6 Å². The molecular weight excluding hydrogens is 352 g/mol. The van der Waals surface area contributed by atoms with Crippen LogP contribution in [0.5, 0.6) is 0 Å². The Morgan fingerprint density at radius 2 is 2.04 bits per heavy atom. The van der Waals surface area contributed by atoms with Crippen molar-refractivity contribution in [2.45, 2.75) is 22.8 Å². The standard InChI is InChI=1S/C15H18N2O5S2/c1-11(18)16-7-6-14(19)17-10-13(12-4-2-8-22-12)24(20,21)15-5-3-9-23-15/h2-5,8-9,13H,6-7,10H2,1H3,(H,16,18)(H,17,19). The highest BCUT2D eigenvalue weighted by Crippen LogP contribution is 2.31. The Hall–Kier alpha value is -2.13. The lowest BCUT2D eigenvalue weighted by atomic mass is 10.3. The van der Waals surface area contributed by atoms with E-state index in [-0.39, 0.29) is 41.3 Å². The van der Waals surface area contributed by atoms with E-state index in [1.165, 1.54) is 19.3 Å². The molecule has 2 rings (SSSR count). The molecule has 130 valence electrons. The number of nitrogens with one attached hydrogen (secondary N) is 2. The average Bonchev–Trinajstić information content (AvgIpc) is 3.20. The number of thiophene rings is 1. The van der Waals surface area contributed by atoms with Gasteiger partial charge in [-0.25, -0.2) is 8.42 Å². The average molecular weight is 370 g/mol. The fraction of sp³-hybridized carbons (Fsp3) is 0.333. The Kier molecular flexibility index (Phi) is 6.16. The Balaban J connectivity index is 2.06. The molecule has 0 aliphatic heterocycles. The fourth-order valence-electron chi connectivity index (χ4n) is 2.05. The van der Waals surface area contributed by atoms with Crippen LogP contribution in [0.3, 0.4) is 0 Å². The smallest absolute Gasteiger partial charge is 0.221 e. The Bertz CT molecular complexity index is 767. The minimum absolute atomic E-state index is 0.0729. The van der Waals surface area contributed by atoms with Gasteiger partial charge in [-0.05, 0) is 23.6 Å². The van der Waals surface area contributed by atoms with E-state index in [1.807, 2.05) is 0 Å². The maximum atomic E-state index is 12.7. The van der Waals surface area contributed by atoms with E-state index in [0.717, 1.165) is 11.3 Å². The van der Waals surface area contributed by atoms with Gasteiger partial charge in [0.15, 0.2) is 9.84 Å². The van der Waals surface area contributed by atoms with E-state index >= 15 is 0 Å². The number of carbonyl (C=O) groups excluding carboxylic acids is 2. The zero-order chi connectivity index (χ0) is 17.6. The Morgan fingerprint density at radius 1 is 1.25 bits per heavy atom. The summed E-state index contributed by atoms with van der Waals surface area (Å²) in [6.07, 6.45) is 1.47. The lowest BCUT2D eigenvalue weighted by molar-refractivity contribution is -0.121. The zero-order valence-corrected chi connectivity index (χ0v) is 14.7. The second kappa shape index (κ2) is 8.11. The molecule has 0 aromatic carbocycles. The number of carbonyl (C=O) groups is 2. The van der Waals surface area contributed by atoms with E-state index in [9.17, 15) is 18.0 Å². The summed E-state index contributed by atoms with van der Waals surface area (Å²) in [4.78, 5) is 22.6. The van der Waals surface area contributed by atoms with Gasteiger partial charge in [0.05, 0.1) is 6.26 Å². The first-order valence-corrected chi connectivity index (χ1v) is 9.66. The van der Waals surface area contributed by atoms with Crippen molar-refractivity contribution in [3.8, 4) is 0 Å². The van der Waals surface area contributed by atoms with Gasteiger partial charge in [0.25, 0.3) is 0 Å². The molecule has 2 aromatic rings. The first-order valence-electron chi connectivity index (χ1n) is 7.23. The molecule has 0 radical (unpaired) electrons. The molecule has 1 unspecified atom stereocenters. The predicted octanol–water partition coefficient (Wildman–Crippen LogP) is 1.50. The maximum Gasteiger partial charge on any atom is 0.221 e. The van der Waals surface area contributed by atoms with Gasteiger partial charge in [0, 0.05) is 26.4 Å². The van der Waals surface area contributed by atoms with Crippen LogP contribution in [0.2, 0.25) is 0 Å². The number of sulfone groups is 1. The number of rotatable bonds is 8. The van der Waals surface area contributed by atoms with Crippen molar-refractivity contribution in [3.63, 3.8) is 0 Å². The third kappa shape index (κ3) is 4.68. The molecule has 2 heterocycles. The molecule has 1 atom stereocenters. The summed E-state index contributed by atoms with van der Waals surface area (Å²) >= 11 is 1.12. The van der Waals surface area contributed by atoms with Gasteiger partial charge in [0.1, 0.15) is 15.2 Å². The highest BCUT2D eigenvalue weighted by Gasteiger charge is 2.32. The largest absolute Gasteiger partial charge is 0.468 e. The van der Waals surface area contributed by atoms with Gasteiger partial charge in [-0.15, -0.1) is 11.3 Å². The highest BCUT2D eigenvalue weighted by molar-refractivity contribution is 7.93. The number of amides is 2. The molecule has 2 aromatic heterocycles. The van der Waals surface area contributed by atoms with Crippen LogP contribution in [0.1, 0.15) is 24.4 Å². The molecule has 0 aliphatic rings. The maximum absolute atomic E-state index is 12.7. The van der Waals surface area contributed by atoms with Crippen molar-refractivity contribution >= 4 is 33.0 Å². The molecule has 7 nitrogen and oxygen atoms in total. The minimum atomic E-state index is -3.67. The second-order valence-corrected chi connectivity index (χ2v) is 8.32. The molecular formula is C15H18N2O5S2. The fourth-order valence-corrected chi connectivity index (χ4v) is 4.84. The van der Waals surface area contributed by atoms with Crippen LogP contribution in [0.15, 0.2) is 44.5 Å². The molecule has 24 heavy (non-hydrogen) atoms. The van der Waals surface area contributed by atoms with Crippen molar-refractivity contribution in [2.75, 3.05) is 13.1 Å². The Morgan fingerprint density at radius 3 is 2.62 bits per heavy atom. The quantitative estimate of drug-likeness (QED) is 0.732. The third-order valence-electron chi connectivity index (χ3n) is 3.22. The zero-order valence-electron chi connectivity index (χ0n) is 13.0. The molecule has 2 N–H and O–H groups in total. The summed E-state index contributed by atoms with van der Waals surface area (Å²) in [7, 11) is -3.67. The highest BCUT2D eigenvalue weighted by atomic mass is 32.2. The van der Waals surface area contributed by atoms with Crippen LogP contribution >= 0.6 is 11.3 Å².